The molecule has 1 amide bonds. The van der Waals surface area contributed by atoms with Gasteiger partial charge in [0.2, 0.25) is 0 Å². The summed E-state index contributed by atoms with van der Waals surface area (Å²) in [5.74, 6) is -0.153. The van der Waals surface area contributed by atoms with Crippen molar-refractivity contribution < 1.29 is 9.00 Å². The zero-order valence-electron chi connectivity index (χ0n) is 12.5. The molecule has 2 aromatic rings. The first-order chi connectivity index (χ1) is 10.5. The SMILES string of the molecule is CCC(NC(=O)c1ccc(S(C)=O)cc1)c1cccc(Cl)c1. The van der Waals surface area contributed by atoms with Crippen LogP contribution in [-0.2, 0) is 10.8 Å². The van der Waals surface area contributed by atoms with E-state index >= 15 is 0 Å². The highest BCUT2D eigenvalue weighted by Crippen LogP contribution is 2.21. The first-order valence-corrected chi connectivity index (χ1v) is 8.94. The van der Waals surface area contributed by atoms with Crippen molar-refractivity contribution in [3.8, 4) is 0 Å². The number of rotatable bonds is 5. The van der Waals surface area contributed by atoms with Crippen LogP contribution in [-0.4, -0.2) is 16.4 Å². The van der Waals surface area contributed by atoms with E-state index in [1.54, 1.807) is 30.5 Å². The molecule has 0 radical (unpaired) electrons. The third-order valence-corrected chi connectivity index (χ3v) is 4.58. The van der Waals surface area contributed by atoms with E-state index in [9.17, 15) is 9.00 Å². The second-order valence-corrected chi connectivity index (χ2v) is 6.78. The maximum Gasteiger partial charge on any atom is 0.251 e. The summed E-state index contributed by atoms with van der Waals surface area (Å²) in [5, 5.41) is 3.65. The van der Waals surface area contributed by atoms with Gasteiger partial charge in [0.05, 0.1) is 6.04 Å². The molecule has 0 bridgehead atoms. The van der Waals surface area contributed by atoms with E-state index in [4.69, 9.17) is 11.6 Å². The highest BCUT2D eigenvalue weighted by molar-refractivity contribution is 7.84. The fourth-order valence-electron chi connectivity index (χ4n) is 2.18. The van der Waals surface area contributed by atoms with Crippen LogP contribution in [0.5, 0.6) is 0 Å². The lowest BCUT2D eigenvalue weighted by atomic mass is 10.0. The minimum atomic E-state index is -1.04. The van der Waals surface area contributed by atoms with Crippen LogP contribution in [0.3, 0.4) is 0 Å². The quantitative estimate of drug-likeness (QED) is 0.899. The Balaban J connectivity index is 2.13. The molecule has 0 fully saturated rings. The standard InChI is InChI=1S/C17H18ClNO2S/c1-3-16(13-5-4-6-14(18)11-13)19-17(20)12-7-9-15(10-8-12)22(2)21/h4-11,16H,3H2,1-2H3,(H,19,20). The molecule has 0 aliphatic heterocycles. The smallest absolute Gasteiger partial charge is 0.251 e. The van der Waals surface area contributed by atoms with Crippen molar-refractivity contribution in [1.82, 2.24) is 5.32 Å². The van der Waals surface area contributed by atoms with E-state index in [1.165, 1.54) is 0 Å². The molecule has 2 atom stereocenters. The highest BCUT2D eigenvalue weighted by atomic mass is 35.5. The Morgan fingerprint density at radius 1 is 1.23 bits per heavy atom. The Labute approximate surface area is 138 Å². The Morgan fingerprint density at radius 3 is 2.45 bits per heavy atom. The summed E-state index contributed by atoms with van der Waals surface area (Å²) < 4.78 is 11.4. The molecule has 116 valence electrons. The third-order valence-electron chi connectivity index (χ3n) is 3.41. The van der Waals surface area contributed by atoms with E-state index in [0.717, 1.165) is 12.0 Å². The molecule has 0 heterocycles. The molecule has 5 heteroatoms. The maximum absolute atomic E-state index is 12.3. The fourth-order valence-corrected chi connectivity index (χ4v) is 2.90. The predicted octanol–water partition coefficient (Wildman–Crippen LogP) is 3.96. The van der Waals surface area contributed by atoms with Gasteiger partial charge in [-0.2, -0.15) is 0 Å². The average Bonchev–Trinajstić information content (AvgIpc) is 2.52. The molecule has 0 aliphatic rings. The molecule has 0 saturated heterocycles. The van der Waals surface area contributed by atoms with Gasteiger partial charge in [0.15, 0.2) is 0 Å². The zero-order valence-corrected chi connectivity index (χ0v) is 14.1. The Bertz CT molecular complexity index is 685. The summed E-state index contributed by atoms with van der Waals surface area (Å²) in [5.41, 5.74) is 1.53. The van der Waals surface area contributed by atoms with E-state index < -0.39 is 10.8 Å². The topological polar surface area (TPSA) is 46.2 Å². The first kappa shape index (κ1) is 16.7. The lowest BCUT2D eigenvalue weighted by Gasteiger charge is -2.18. The van der Waals surface area contributed by atoms with Crippen molar-refractivity contribution >= 4 is 28.3 Å². The average molecular weight is 336 g/mol. The van der Waals surface area contributed by atoms with Gasteiger partial charge in [-0.05, 0) is 48.4 Å². The van der Waals surface area contributed by atoms with Gasteiger partial charge in [-0.15, -0.1) is 0 Å². The molecular formula is C17H18ClNO2S. The monoisotopic (exact) mass is 335 g/mol. The second kappa shape index (κ2) is 7.56. The van der Waals surface area contributed by atoms with Crippen molar-refractivity contribution in [1.29, 1.82) is 0 Å². The number of carbonyl (C=O) groups is 1. The lowest BCUT2D eigenvalue weighted by molar-refractivity contribution is 0.0935. The number of amides is 1. The van der Waals surface area contributed by atoms with Crippen molar-refractivity contribution in [2.75, 3.05) is 6.26 Å². The molecular weight excluding hydrogens is 318 g/mol. The predicted molar refractivity (Wildman–Crippen MR) is 90.7 cm³/mol. The number of benzene rings is 2. The lowest BCUT2D eigenvalue weighted by Crippen LogP contribution is -2.28. The molecule has 22 heavy (non-hydrogen) atoms. The minimum Gasteiger partial charge on any atom is -0.345 e. The van der Waals surface area contributed by atoms with Crippen LogP contribution in [0.15, 0.2) is 53.4 Å². The van der Waals surface area contributed by atoms with Crippen LogP contribution in [0.25, 0.3) is 0 Å². The number of hydrogen-bond donors (Lipinski definition) is 1. The highest BCUT2D eigenvalue weighted by Gasteiger charge is 2.14. The van der Waals surface area contributed by atoms with Crippen molar-refractivity contribution in [2.45, 2.75) is 24.3 Å². The van der Waals surface area contributed by atoms with E-state index in [2.05, 4.69) is 5.32 Å². The van der Waals surface area contributed by atoms with Gasteiger partial charge in [0.25, 0.3) is 5.91 Å². The van der Waals surface area contributed by atoms with Crippen LogP contribution in [0, 0.1) is 0 Å². The van der Waals surface area contributed by atoms with Crippen molar-refractivity contribution in [3.63, 3.8) is 0 Å². The Morgan fingerprint density at radius 2 is 1.91 bits per heavy atom. The summed E-state index contributed by atoms with van der Waals surface area (Å²) in [6, 6.07) is 14.2. The van der Waals surface area contributed by atoms with Gasteiger partial charge in [0.1, 0.15) is 0 Å². The first-order valence-electron chi connectivity index (χ1n) is 7.01. The maximum atomic E-state index is 12.3. The molecule has 2 aromatic carbocycles. The van der Waals surface area contributed by atoms with Gasteiger partial charge in [-0.1, -0.05) is 30.7 Å². The van der Waals surface area contributed by atoms with Crippen LogP contribution >= 0.6 is 11.6 Å². The number of nitrogens with one attached hydrogen (secondary N) is 1. The normalized spacial score (nSPS) is 13.4. The molecule has 0 aliphatic carbocycles. The number of halogens is 1. The van der Waals surface area contributed by atoms with E-state index in [1.807, 2.05) is 31.2 Å². The van der Waals surface area contributed by atoms with Crippen LogP contribution < -0.4 is 5.32 Å². The van der Waals surface area contributed by atoms with Crippen molar-refractivity contribution in [2.24, 2.45) is 0 Å². The summed E-state index contributed by atoms with van der Waals surface area (Å²) in [6.45, 7) is 2.01. The minimum absolute atomic E-state index is 0.0915. The molecule has 0 spiro atoms. The zero-order chi connectivity index (χ0) is 16.1. The number of carbonyl (C=O) groups excluding carboxylic acids is 1. The summed E-state index contributed by atoms with van der Waals surface area (Å²) in [6.07, 6.45) is 2.38. The van der Waals surface area contributed by atoms with Crippen molar-refractivity contribution in [3.05, 3.63) is 64.7 Å². The molecule has 0 aromatic heterocycles. The van der Waals surface area contributed by atoms with E-state index in [0.29, 0.717) is 15.5 Å². The van der Waals surface area contributed by atoms with E-state index in [-0.39, 0.29) is 11.9 Å². The summed E-state index contributed by atoms with van der Waals surface area (Å²) in [7, 11) is -1.04. The van der Waals surface area contributed by atoms with Gasteiger partial charge in [0, 0.05) is 32.5 Å². The Hall–Kier alpha value is -1.65. The second-order valence-electron chi connectivity index (χ2n) is 4.97. The van der Waals surface area contributed by atoms with Gasteiger partial charge < -0.3 is 5.32 Å². The Kier molecular flexibility index (Phi) is 5.75. The summed E-state index contributed by atoms with van der Waals surface area (Å²) in [4.78, 5) is 13.0. The number of hydrogen-bond acceptors (Lipinski definition) is 2. The summed E-state index contributed by atoms with van der Waals surface area (Å²) >= 11 is 6.00. The van der Waals surface area contributed by atoms with Gasteiger partial charge in [-0.25, -0.2) is 0 Å². The third kappa shape index (κ3) is 4.18. The van der Waals surface area contributed by atoms with Crippen LogP contribution in [0.2, 0.25) is 5.02 Å². The molecule has 2 unspecified atom stereocenters. The molecule has 1 N–H and O–H groups in total. The van der Waals surface area contributed by atoms with Crippen LogP contribution in [0.4, 0.5) is 0 Å². The van der Waals surface area contributed by atoms with Crippen LogP contribution in [0.1, 0.15) is 35.3 Å². The molecule has 0 saturated carbocycles. The van der Waals surface area contributed by atoms with Gasteiger partial charge >= 0.3 is 0 Å². The fraction of sp³-hybridized carbons (Fsp3) is 0.235. The molecule has 3 nitrogen and oxygen atoms in total. The molecule has 2 rings (SSSR count). The van der Waals surface area contributed by atoms with Gasteiger partial charge in [-0.3, -0.25) is 9.00 Å². The largest absolute Gasteiger partial charge is 0.345 e.